The molecule has 0 unspecified atom stereocenters. The number of amides is 1. The standard InChI is InChI=1S/C28H29F2N7O3/c1-4-22(38)32-18-7-5-6-17(14-18)26-25-20(35-40-26)15-31-27(34-25)33-19-8-9-21(24(30)23(19)29)37-12-10-36(11-13-37)16-28(2,3)39/h4-9,14-15,39H,1,10-13,16H2,2-3H3,(H,32,38)(H,33,34). The van der Waals surface area contributed by atoms with Gasteiger partial charge in [0.2, 0.25) is 11.9 Å². The van der Waals surface area contributed by atoms with Crippen LogP contribution in [-0.2, 0) is 4.79 Å². The Bertz CT molecular complexity index is 1560. The summed E-state index contributed by atoms with van der Waals surface area (Å²) in [4.78, 5) is 24.1. The van der Waals surface area contributed by atoms with Crippen LogP contribution >= 0.6 is 0 Å². The Morgan fingerprint density at radius 3 is 2.67 bits per heavy atom. The number of rotatable bonds is 8. The van der Waals surface area contributed by atoms with Gasteiger partial charge in [-0.05, 0) is 44.2 Å². The van der Waals surface area contributed by atoms with E-state index >= 15 is 8.78 Å². The summed E-state index contributed by atoms with van der Waals surface area (Å²) >= 11 is 0. The maximum atomic E-state index is 15.1. The number of fused-ring (bicyclic) bond motifs is 1. The van der Waals surface area contributed by atoms with Crippen LogP contribution in [0, 0.1) is 11.6 Å². The lowest BCUT2D eigenvalue weighted by Gasteiger charge is -2.38. The molecule has 1 aliphatic heterocycles. The summed E-state index contributed by atoms with van der Waals surface area (Å²) in [5.74, 6) is -2.02. The minimum atomic E-state index is -1.05. The number of nitrogens with one attached hydrogen (secondary N) is 2. The summed E-state index contributed by atoms with van der Waals surface area (Å²) in [6, 6.07) is 9.87. The van der Waals surface area contributed by atoms with Crippen molar-refractivity contribution in [3.63, 3.8) is 0 Å². The number of benzene rings is 2. The van der Waals surface area contributed by atoms with E-state index in [1.165, 1.54) is 18.3 Å². The lowest BCUT2D eigenvalue weighted by molar-refractivity contribution is -0.111. The summed E-state index contributed by atoms with van der Waals surface area (Å²) in [6.07, 6.45) is 2.58. The average molecular weight is 550 g/mol. The normalized spacial score (nSPS) is 14.4. The molecule has 0 aliphatic carbocycles. The molecule has 0 atom stereocenters. The van der Waals surface area contributed by atoms with E-state index in [0.717, 1.165) is 6.08 Å². The molecule has 0 radical (unpaired) electrons. The lowest BCUT2D eigenvalue weighted by Crippen LogP contribution is -2.50. The van der Waals surface area contributed by atoms with Crippen LogP contribution in [0.4, 0.5) is 31.8 Å². The third-order valence-electron chi connectivity index (χ3n) is 6.43. The molecule has 0 spiro atoms. The third-order valence-corrected chi connectivity index (χ3v) is 6.43. The maximum Gasteiger partial charge on any atom is 0.247 e. The largest absolute Gasteiger partial charge is 0.389 e. The highest BCUT2D eigenvalue weighted by Gasteiger charge is 2.26. The van der Waals surface area contributed by atoms with Crippen LogP contribution in [0.25, 0.3) is 22.4 Å². The molecule has 2 aromatic carbocycles. The third kappa shape index (κ3) is 5.92. The topological polar surface area (TPSA) is 120 Å². The Balaban J connectivity index is 1.34. The maximum absolute atomic E-state index is 15.1. The number of hydrogen-bond donors (Lipinski definition) is 3. The van der Waals surface area contributed by atoms with Crippen LogP contribution in [0.15, 0.2) is 59.8 Å². The zero-order valence-electron chi connectivity index (χ0n) is 22.1. The molecule has 2 aromatic heterocycles. The zero-order chi connectivity index (χ0) is 28.4. The molecule has 0 bridgehead atoms. The average Bonchev–Trinajstić information content (AvgIpc) is 3.35. The number of nitrogens with zero attached hydrogens (tertiary/aromatic N) is 5. The quantitative estimate of drug-likeness (QED) is 0.276. The molecule has 3 heterocycles. The highest BCUT2D eigenvalue weighted by molar-refractivity contribution is 5.99. The number of hydrogen-bond acceptors (Lipinski definition) is 9. The van der Waals surface area contributed by atoms with Crippen molar-refractivity contribution in [2.24, 2.45) is 0 Å². The van der Waals surface area contributed by atoms with Gasteiger partial charge in [-0.3, -0.25) is 9.69 Å². The fraction of sp³-hybridized carbons (Fsp3) is 0.286. The van der Waals surface area contributed by atoms with Crippen molar-refractivity contribution in [3.8, 4) is 11.3 Å². The van der Waals surface area contributed by atoms with Gasteiger partial charge in [-0.2, -0.15) is 0 Å². The highest BCUT2D eigenvalue weighted by atomic mass is 19.2. The number of piperazine rings is 1. The number of β-amino-alcohol motifs (C(OH)–C–C–N with tert-alkyl or cyclic N) is 1. The van der Waals surface area contributed by atoms with E-state index in [4.69, 9.17) is 4.52 Å². The van der Waals surface area contributed by atoms with E-state index in [2.05, 4.69) is 37.2 Å². The predicted octanol–water partition coefficient (Wildman–Crippen LogP) is 4.32. The van der Waals surface area contributed by atoms with Gasteiger partial charge < -0.3 is 25.2 Å². The zero-order valence-corrected chi connectivity index (χ0v) is 22.1. The second-order valence-electron chi connectivity index (χ2n) is 10.2. The lowest BCUT2D eigenvalue weighted by atomic mass is 10.1. The van der Waals surface area contributed by atoms with Gasteiger partial charge in [-0.1, -0.05) is 23.9 Å². The minimum Gasteiger partial charge on any atom is -0.389 e. The molecular formula is C28H29F2N7O3. The van der Waals surface area contributed by atoms with Crippen molar-refractivity contribution in [1.29, 1.82) is 0 Å². The van der Waals surface area contributed by atoms with Crippen LogP contribution in [0.5, 0.6) is 0 Å². The molecule has 1 amide bonds. The molecule has 12 heteroatoms. The number of carbonyl (C=O) groups excluding carboxylic acids is 1. The van der Waals surface area contributed by atoms with Gasteiger partial charge in [0.25, 0.3) is 0 Å². The van der Waals surface area contributed by atoms with E-state index < -0.39 is 17.2 Å². The Labute approximate surface area is 229 Å². The van der Waals surface area contributed by atoms with Crippen molar-refractivity contribution in [2.45, 2.75) is 19.4 Å². The van der Waals surface area contributed by atoms with Gasteiger partial charge in [-0.15, -0.1) is 0 Å². The van der Waals surface area contributed by atoms with Crippen molar-refractivity contribution >= 4 is 40.0 Å². The van der Waals surface area contributed by atoms with Crippen LogP contribution < -0.4 is 15.5 Å². The SMILES string of the molecule is C=CC(=O)Nc1cccc(-c2onc3cnc(Nc4ccc(N5CCN(CC(C)(C)O)CC5)c(F)c4F)nc23)c1. The summed E-state index contributed by atoms with van der Waals surface area (Å²) in [5, 5.41) is 19.5. The first kappa shape index (κ1) is 27.2. The number of halogens is 2. The Hall–Kier alpha value is -4.42. The van der Waals surface area contributed by atoms with Crippen molar-refractivity contribution in [1.82, 2.24) is 20.0 Å². The van der Waals surface area contributed by atoms with E-state index in [1.54, 1.807) is 43.0 Å². The fourth-order valence-corrected chi connectivity index (χ4v) is 4.62. The molecule has 1 saturated heterocycles. The first-order chi connectivity index (χ1) is 19.1. The number of carbonyl (C=O) groups is 1. The second-order valence-corrected chi connectivity index (χ2v) is 10.2. The van der Waals surface area contributed by atoms with E-state index in [1.807, 2.05) is 0 Å². The van der Waals surface area contributed by atoms with E-state index in [9.17, 15) is 9.90 Å². The Morgan fingerprint density at radius 2 is 1.95 bits per heavy atom. The molecule has 0 saturated carbocycles. The fourth-order valence-electron chi connectivity index (χ4n) is 4.62. The summed E-state index contributed by atoms with van der Waals surface area (Å²) < 4.78 is 35.8. The number of anilines is 4. The molecule has 3 N–H and O–H groups in total. The van der Waals surface area contributed by atoms with Gasteiger partial charge in [0.1, 0.15) is 5.52 Å². The van der Waals surface area contributed by atoms with Gasteiger partial charge in [0.15, 0.2) is 22.9 Å². The summed E-state index contributed by atoms with van der Waals surface area (Å²) in [6.45, 7) is 9.71. The van der Waals surface area contributed by atoms with Crippen LogP contribution in [-0.4, -0.2) is 69.4 Å². The van der Waals surface area contributed by atoms with Crippen LogP contribution in [0.1, 0.15) is 13.8 Å². The second kappa shape index (κ2) is 11.0. The van der Waals surface area contributed by atoms with E-state index in [0.29, 0.717) is 60.8 Å². The molecule has 10 nitrogen and oxygen atoms in total. The van der Waals surface area contributed by atoms with Crippen molar-refractivity contribution in [3.05, 3.63) is 66.9 Å². The molecule has 40 heavy (non-hydrogen) atoms. The predicted molar refractivity (Wildman–Crippen MR) is 148 cm³/mol. The van der Waals surface area contributed by atoms with E-state index in [-0.39, 0.29) is 23.2 Å². The monoisotopic (exact) mass is 549 g/mol. The molecule has 5 rings (SSSR count). The molecule has 208 valence electrons. The van der Waals surface area contributed by atoms with Gasteiger partial charge >= 0.3 is 0 Å². The molecule has 1 fully saturated rings. The number of aromatic nitrogens is 3. The smallest absolute Gasteiger partial charge is 0.247 e. The Morgan fingerprint density at radius 1 is 1.18 bits per heavy atom. The summed E-state index contributed by atoms with van der Waals surface area (Å²) in [7, 11) is 0. The first-order valence-electron chi connectivity index (χ1n) is 12.7. The van der Waals surface area contributed by atoms with Gasteiger partial charge in [0, 0.05) is 44.0 Å². The van der Waals surface area contributed by atoms with Crippen molar-refractivity contribution < 1.29 is 23.2 Å². The molecule has 4 aromatic rings. The van der Waals surface area contributed by atoms with Crippen molar-refractivity contribution in [2.75, 3.05) is 48.3 Å². The number of aliphatic hydroxyl groups is 1. The van der Waals surface area contributed by atoms with Gasteiger partial charge in [0.05, 0.1) is 23.2 Å². The van der Waals surface area contributed by atoms with Crippen LogP contribution in [0.2, 0.25) is 0 Å². The molecule has 1 aliphatic rings. The van der Waals surface area contributed by atoms with Crippen LogP contribution in [0.3, 0.4) is 0 Å². The highest BCUT2D eigenvalue weighted by Crippen LogP contribution is 2.32. The summed E-state index contributed by atoms with van der Waals surface area (Å²) in [5.41, 5.74) is 1.07. The minimum absolute atomic E-state index is 0.0272. The van der Waals surface area contributed by atoms with Gasteiger partial charge in [-0.25, -0.2) is 18.7 Å². The molecular weight excluding hydrogens is 520 g/mol. The Kier molecular flexibility index (Phi) is 7.46. The first-order valence-corrected chi connectivity index (χ1v) is 12.7.